The van der Waals surface area contributed by atoms with Crippen LogP contribution in [0.5, 0.6) is 69.0 Å². The smallest absolute Gasteiger partial charge is 0.165 e. The Morgan fingerprint density at radius 1 is 0.341 bits per heavy atom. The minimum Gasteiger partial charge on any atom is -0.507 e. The number of hydrogen-bond donors (Lipinski definition) is 6. The van der Waals surface area contributed by atoms with Gasteiger partial charge in [0.2, 0.25) is 0 Å². The number of allylic oxidation sites excluding steroid dienone is 4. The van der Waals surface area contributed by atoms with E-state index in [0.717, 1.165) is 235 Å². The molecular weight excluding hydrogens is 1730 g/mol. The van der Waals surface area contributed by atoms with Crippen molar-refractivity contribution in [3.63, 3.8) is 0 Å². The fourth-order valence-electron chi connectivity index (χ4n) is 24.6. The van der Waals surface area contributed by atoms with E-state index in [9.17, 15) is 30.6 Å². The van der Waals surface area contributed by atoms with Crippen molar-refractivity contribution in [1.29, 1.82) is 0 Å². The van der Waals surface area contributed by atoms with Crippen molar-refractivity contribution in [1.82, 2.24) is 13.7 Å². The predicted molar refractivity (Wildman–Crippen MR) is 556 cm³/mol. The van der Waals surface area contributed by atoms with Gasteiger partial charge in [0.15, 0.2) is 46.0 Å². The lowest BCUT2D eigenvalue weighted by Crippen LogP contribution is -2.58. The number of fused-ring (bicyclic) bond motifs is 12. The number of hydrogen-bond acceptors (Lipinski definition) is 16. The van der Waals surface area contributed by atoms with Crippen molar-refractivity contribution >= 4 is 86.9 Å². The van der Waals surface area contributed by atoms with Crippen LogP contribution in [0, 0.1) is 45.3 Å². The first-order valence-corrected chi connectivity index (χ1v) is 49.2. The molecule has 0 saturated heterocycles. The number of aromatic nitrogens is 3. The lowest BCUT2D eigenvalue weighted by Gasteiger charge is -2.55. The number of rotatable bonds is 16. The number of aliphatic hydroxyl groups is 4. The molecule has 19 heteroatoms. The van der Waals surface area contributed by atoms with Crippen LogP contribution in [0.3, 0.4) is 0 Å². The van der Waals surface area contributed by atoms with Gasteiger partial charge in [-0.1, -0.05) is 128 Å². The van der Waals surface area contributed by atoms with E-state index in [0.29, 0.717) is 12.2 Å². The van der Waals surface area contributed by atoms with E-state index in [-0.39, 0.29) is 104 Å². The zero-order chi connectivity index (χ0) is 98.6. The summed E-state index contributed by atoms with van der Waals surface area (Å²) in [6, 6.07) is 39.3. The third-order valence-corrected chi connectivity index (χ3v) is 33.3. The Balaban J connectivity index is 0.000000127. The van der Waals surface area contributed by atoms with Crippen LogP contribution in [-0.2, 0) is 53.2 Å². The highest BCUT2D eigenvalue weighted by Gasteiger charge is 2.59. The molecule has 0 amide bonds. The molecule has 7 heterocycles. The van der Waals surface area contributed by atoms with Gasteiger partial charge in [0.1, 0.15) is 45.4 Å². The van der Waals surface area contributed by atoms with Crippen molar-refractivity contribution in [3.8, 4) is 69.0 Å². The monoisotopic (exact) mass is 1870 g/mol. The Hall–Kier alpha value is -11.7. The van der Waals surface area contributed by atoms with E-state index in [2.05, 4.69) is 221 Å². The molecule has 5 aliphatic carbocycles. The van der Waals surface area contributed by atoms with Gasteiger partial charge in [-0.05, 0) is 340 Å². The topological polar surface area (TPSA) is 228 Å². The predicted octanol–water partition coefficient (Wildman–Crippen LogP) is 24.6. The second kappa shape index (κ2) is 37.4. The summed E-state index contributed by atoms with van der Waals surface area (Å²) in [7, 11) is 16.3. The summed E-state index contributed by atoms with van der Waals surface area (Å²) < 4.78 is 66.9. The number of aliphatic hydroxyl groups excluding tert-OH is 4. The standard InChI is InChI=1S/C34H42O4.C29H35NO4.2C28H33NO4/c1-21(2)8-11-24-12-13-25-16-22(18-27(36-6)31(24)25)9-10-23-17-26-20-29-33(3,4)30(35)14-15-34(29,5)38-32(26)28(19-23)37-7;1-28(2)25-17-20-13-18(16-24(33-6)27(20)34-29(25,3)11-9-26(28)31)7-8-19-14-22-21(10-12-30(22)4)23(15-19)32-5;1-27(2)24-16-19-12-17(6-7-18-13-21-20(22(30)14-18)9-11-29(21)4)15-23(32-5)26(19)33-28(24,3)10-8-25(27)31;1-27(2)24-16-19-12-17(14-22(30)26(19)33-28(24,3)10-8-25(27)31)6-7-18-13-21-20(9-11-29(21)4)23(15-18)32-5/h8-10,12,16-19,29-30,35H,11,13-15,20H2,1-7H3;7-8,10,12-16,25-26,31H,9,11,17H2,1-6H3;2*6-7,9,11-15,24-25,30-31H,8,10,16H2,1-5H3/b10-9+;8-7+;2*7-6+/t29-,30-,34-;25-,26-,29-;2*24-,25-,28-/m1111/s1. The fraction of sp³-hybridized carbons (Fsp3) is 0.445. The Labute approximate surface area is 815 Å². The molecule has 8 aromatic carbocycles. The number of phenolic OH excluding ortho intramolecular Hbond substituents is 2. The maximum absolute atomic E-state index is 10.8. The molecule has 0 spiro atoms. The van der Waals surface area contributed by atoms with Crippen LogP contribution < -0.4 is 47.4 Å². The van der Waals surface area contributed by atoms with Crippen molar-refractivity contribution in [2.24, 2.45) is 66.5 Å². The Morgan fingerprint density at radius 3 is 0.942 bits per heavy atom. The van der Waals surface area contributed by atoms with Crippen molar-refractivity contribution in [2.75, 3.05) is 42.7 Å². The van der Waals surface area contributed by atoms with Gasteiger partial charge in [0.05, 0.1) is 83.6 Å². The first-order valence-electron chi connectivity index (χ1n) is 49.2. The molecule has 11 aromatic rings. The highest BCUT2D eigenvalue weighted by atomic mass is 16.5. The van der Waals surface area contributed by atoms with Gasteiger partial charge in [0, 0.05) is 85.1 Å². The highest BCUT2D eigenvalue weighted by molar-refractivity contribution is 5.93. The molecule has 4 saturated carbocycles. The quantitative estimate of drug-likeness (QED) is 0.0390. The van der Waals surface area contributed by atoms with E-state index < -0.39 is 0 Å². The molecule has 19 nitrogen and oxygen atoms in total. The summed E-state index contributed by atoms with van der Waals surface area (Å²) in [6.07, 6.45) is 37.4. The molecule has 3 aromatic heterocycles. The van der Waals surface area contributed by atoms with Gasteiger partial charge in [0.25, 0.3) is 0 Å². The van der Waals surface area contributed by atoms with E-state index >= 15 is 0 Å². The summed E-state index contributed by atoms with van der Waals surface area (Å²) in [4.78, 5) is 0. The molecule has 12 atom stereocenters. The molecule has 0 radical (unpaired) electrons. The van der Waals surface area contributed by atoms with Crippen LogP contribution in [0.1, 0.15) is 233 Å². The number of ether oxygens (including phenoxy) is 10. The van der Waals surface area contributed by atoms with Gasteiger partial charge in [-0.15, -0.1) is 0 Å². The number of phenols is 2. The lowest BCUT2D eigenvalue weighted by molar-refractivity contribution is -0.138. The van der Waals surface area contributed by atoms with Gasteiger partial charge in [-0.2, -0.15) is 0 Å². The Morgan fingerprint density at radius 2 is 0.609 bits per heavy atom. The largest absolute Gasteiger partial charge is 0.507 e. The Kier molecular flexibility index (Phi) is 26.6. The number of nitrogens with zero attached hydrogens (tertiary/aromatic N) is 3. The van der Waals surface area contributed by atoms with E-state index in [1.54, 1.807) is 54.8 Å². The average Bonchev–Trinajstić information content (AvgIpc) is 1.22. The number of aromatic hydroxyl groups is 2. The minimum absolute atomic E-state index is 0.170. The summed E-state index contributed by atoms with van der Waals surface area (Å²) >= 11 is 0. The normalized spacial score (nSPS) is 25.7. The summed E-state index contributed by atoms with van der Waals surface area (Å²) in [6.45, 7) is 30.2. The summed E-state index contributed by atoms with van der Waals surface area (Å²) in [5.41, 5.74) is 18.8. The highest BCUT2D eigenvalue weighted by Crippen LogP contribution is 2.61. The lowest BCUT2D eigenvalue weighted by atomic mass is 9.57. The molecular formula is C119H143N3O16. The molecule has 4 fully saturated rings. The molecule has 4 aliphatic heterocycles. The number of benzene rings is 8. The first-order chi connectivity index (χ1) is 65.4. The van der Waals surface area contributed by atoms with Gasteiger partial charge >= 0.3 is 0 Å². The van der Waals surface area contributed by atoms with E-state index in [1.165, 1.54) is 22.3 Å². The van der Waals surface area contributed by atoms with Crippen LogP contribution in [0.25, 0.3) is 86.9 Å². The third kappa shape index (κ3) is 18.3. The minimum atomic E-state index is -0.383. The second-order valence-electron chi connectivity index (χ2n) is 43.9. The van der Waals surface area contributed by atoms with E-state index in [1.807, 2.05) is 92.9 Å². The Bertz CT molecular complexity index is 6690. The SMILES string of the molecule is COc1cc(/C=C/c2cc(O)c3c(c2)C[C@@H]2C(C)(C)[C@H](O)CC[C@@]2(C)O3)cc2c1ccn2C.COc1cc(/C=C/c2cc(O)c3ccn(C)c3c2)cc2c1O[C@]1(C)CC[C@@H](O)C(C)(C)[C@H]1C2.COc1cc(/C=C/c2cc(OC)c3ccn(C)c3c2)cc2c1O[C@]1(C)CC[C@@H](O)C(C)(C)[C@H]1C2.COc1cc(/C=C/c2cc3c(c(OC)c2)C(CC=C(C)C)=CC3)cc2c1O[C@]1(C)CC[C@@H](O)C(C)(C)[C@H]1C2. The average molecular weight is 1870 g/mol. The van der Waals surface area contributed by atoms with Crippen LogP contribution in [0.4, 0.5) is 0 Å². The van der Waals surface area contributed by atoms with Crippen LogP contribution >= 0.6 is 0 Å². The van der Waals surface area contributed by atoms with E-state index in [4.69, 9.17) is 47.4 Å². The molecule has 0 bridgehead atoms. The maximum Gasteiger partial charge on any atom is 0.165 e. The fourth-order valence-corrected chi connectivity index (χ4v) is 24.6. The second-order valence-corrected chi connectivity index (χ2v) is 43.9. The zero-order valence-corrected chi connectivity index (χ0v) is 85.1. The van der Waals surface area contributed by atoms with Gasteiger partial charge in [-0.25, -0.2) is 0 Å². The zero-order valence-electron chi connectivity index (χ0n) is 85.1. The number of methoxy groups -OCH3 is 6. The molecule has 9 aliphatic rings. The van der Waals surface area contributed by atoms with Crippen LogP contribution in [-0.4, -0.2) is 134 Å². The molecule has 20 rings (SSSR count). The summed E-state index contributed by atoms with van der Waals surface area (Å²) in [5, 5.41) is 67.1. The van der Waals surface area contributed by atoms with Gasteiger partial charge in [-0.3, -0.25) is 0 Å². The van der Waals surface area contributed by atoms with Crippen LogP contribution in [0.2, 0.25) is 0 Å². The molecule has 6 N–H and O–H groups in total. The molecule has 730 valence electrons. The molecule has 138 heavy (non-hydrogen) atoms. The molecule has 0 unspecified atom stereocenters. The number of aryl methyl sites for hydroxylation is 3. The van der Waals surface area contributed by atoms with Crippen molar-refractivity contribution in [3.05, 3.63) is 229 Å². The van der Waals surface area contributed by atoms with Crippen molar-refractivity contribution in [2.45, 2.75) is 234 Å². The van der Waals surface area contributed by atoms with Crippen LogP contribution in [0.15, 0.2) is 152 Å². The third-order valence-electron chi connectivity index (χ3n) is 33.3. The van der Waals surface area contributed by atoms with Gasteiger partial charge < -0.3 is 91.7 Å². The maximum atomic E-state index is 10.8. The summed E-state index contributed by atoms with van der Waals surface area (Å²) in [5.74, 6) is 9.29. The first kappa shape index (κ1) is 97.9. The van der Waals surface area contributed by atoms with Crippen molar-refractivity contribution < 1.29 is 78.0 Å².